The molecule has 5 heteroatoms. The molecule has 2 atom stereocenters. The third-order valence-corrected chi connectivity index (χ3v) is 2.61. The summed E-state index contributed by atoms with van der Waals surface area (Å²) in [6, 6.07) is 3.85. The fourth-order valence-electron chi connectivity index (χ4n) is 1.41. The Labute approximate surface area is 97.5 Å². The van der Waals surface area contributed by atoms with Crippen molar-refractivity contribution in [1.82, 2.24) is 0 Å². The van der Waals surface area contributed by atoms with E-state index in [1.807, 2.05) is 0 Å². The molecule has 1 rings (SSSR count). The summed E-state index contributed by atoms with van der Waals surface area (Å²) in [6.45, 7) is 1.61. The third kappa shape index (κ3) is 3.18. The molecule has 16 heavy (non-hydrogen) atoms. The molecule has 0 fully saturated rings. The van der Waals surface area contributed by atoms with Crippen LogP contribution in [0.2, 0.25) is 5.02 Å². The Balaban J connectivity index is 2.83. The number of carboxylic acid groups (broad SMARTS) is 1. The zero-order valence-corrected chi connectivity index (χ0v) is 9.41. The van der Waals surface area contributed by atoms with Crippen molar-refractivity contribution >= 4 is 17.6 Å². The lowest BCUT2D eigenvalue weighted by atomic mass is 9.95. The van der Waals surface area contributed by atoms with Crippen molar-refractivity contribution in [3.8, 4) is 0 Å². The average Bonchev–Trinajstić information content (AvgIpc) is 2.20. The normalized spacial score (nSPS) is 14.5. The topological polar surface area (TPSA) is 57.5 Å². The van der Waals surface area contributed by atoms with Crippen LogP contribution in [0.5, 0.6) is 0 Å². The van der Waals surface area contributed by atoms with Crippen LogP contribution in [0.25, 0.3) is 0 Å². The van der Waals surface area contributed by atoms with Gasteiger partial charge in [0.15, 0.2) is 0 Å². The van der Waals surface area contributed by atoms with Gasteiger partial charge in [0.25, 0.3) is 0 Å². The summed E-state index contributed by atoms with van der Waals surface area (Å²) < 4.78 is 12.9. The van der Waals surface area contributed by atoms with E-state index in [4.69, 9.17) is 16.7 Å². The molecule has 2 N–H and O–H groups in total. The number of carbonyl (C=O) groups is 1. The lowest BCUT2D eigenvalue weighted by molar-refractivity contribution is -0.139. The van der Waals surface area contributed by atoms with Gasteiger partial charge in [-0.15, -0.1) is 0 Å². The predicted molar refractivity (Wildman–Crippen MR) is 57.8 cm³/mol. The Morgan fingerprint density at radius 2 is 2.19 bits per heavy atom. The number of aliphatic hydroxyl groups is 1. The van der Waals surface area contributed by atoms with Crippen LogP contribution in [-0.4, -0.2) is 16.2 Å². The summed E-state index contributed by atoms with van der Waals surface area (Å²) in [5.74, 6) is -2.01. The third-order valence-electron chi connectivity index (χ3n) is 2.32. The number of carboxylic acids is 1. The molecule has 0 aliphatic heterocycles. The highest BCUT2D eigenvalue weighted by atomic mass is 35.5. The van der Waals surface area contributed by atoms with Gasteiger partial charge in [0.05, 0.1) is 17.5 Å². The minimum absolute atomic E-state index is 0.0842. The van der Waals surface area contributed by atoms with Crippen molar-refractivity contribution in [3.63, 3.8) is 0 Å². The maximum atomic E-state index is 12.9. The smallest absolute Gasteiger partial charge is 0.303 e. The molecule has 3 nitrogen and oxygen atoms in total. The maximum Gasteiger partial charge on any atom is 0.303 e. The number of rotatable bonds is 4. The zero-order chi connectivity index (χ0) is 12.3. The molecule has 0 saturated heterocycles. The molecule has 1 aromatic rings. The van der Waals surface area contributed by atoms with Crippen LogP contribution in [0, 0.1) is 11.7 Å². The molecular formula is C11H12ClFO3. The Kier molecular flexibility index (Phi) is 4.26. The zero-order valence-electron chi connectivity index (χ0n) is 8.65. The molecule has 0 aromatic heterocycles. The van der Waals surface area contributed by atoms with Crippen molar-refractivity contribution < 1.29 is 19.4 Å². The minimum atomic E-state index is -0.986. The van der Waals surface area contributed by atoms with Crippen LogP contribution in [-0.2, 0) is 4.79 Å². The molecule has 0 amide bonds. The summed E-state index contributed by atoms with van der Waals surface area (Å²) in [5, 5.41) is 18.3. The Bertz CT molecular complexity index is 395. The first-order chi connectivity index (χ1) is 7.41. The largest absolute Gasteiger partial charge is 0.481 e. The van der Waals surface area contributed by atoms with E-state index >= 15 is 0 Å². The van der Waals surface area contributed by atoms with Crippen LogP contribution in [0.15, 0.2) is 18.2 Å². The van der Waals surface area contributed by atoms with E-state index in [0.717, 1.165) is 6.07 Å². The highest BCUT2D eigenvalue weighted by Gasteiger charge is 2.19. The highest BCUT2D eigenvalue weighted by molar-refractivity contribution is 6.30. The van der Waals surface area contributed by atoms with Crippen LogP contribution < -0.4 is 0 Å². The molecule has 1 aromatic carbocycles. The van der Waals surface area contributed by atoms with Crippen molar-refractivity contribution in [3.05, 3.63) is 34.6 Å². The average molecular weight is 247 g/mol. The Morgan fingerprint density at radius 3 is 2.69 bits per heavy atom. The standard InChI is InChI=1S/C11H12ClFO3/c1-6(4-10(14)15)11(16)7-2-3-9(13)8(12)5-7/h2-3,5-6,11,16H,4H2,1H3,(H,14,15). The lowest BCUT2D eigenvalue weighted by Gasteiger charge is -2.17. The Morgan fingerprint density at radius 1 is 1.56 bits per heavy atom. The van der Waals surface area contributed by atoms with Crippen LogP contribution in [0.3, 0.4) is 0 Å². The van der Waals surface area contributed by atoms with Gasteiger partial charge in [0.1, 0.15) is 5.82 Å². The summed E-state index contributed by atoms with van der Waals surface area (Å²) >= 11 is 5.57. The fourth-order valence-corrected chi connectivity index (χ4v) is 1.60. The van der Waals surface area contributed by atoms with Gasteiger partial charge in [-0.1, -0.05) is 24.6 Å². The van der Waals surface area contributed by atoms with Crippen molar-refractivity contribution in [2.75, 3.05) is 0 Å². The molecule has 0 aliphatic rings. The van der Waals surface area contributed by atoms with Crippen LogP contribution in [0.4, 0.5) is 4.39 Å². The summed E-state index contributed by atoms with van der Waals surface area (Å²) in [4.78, 5) is 10.5. The van der Waals surface area contributed by atoms with E-state index in [-0.39, 0.29) is 11.4 Å². The van der Waals surface area contributed by atoms with Crippen LogP contribution >= 0.6 is 11.6 Å². The highest BCUT2D eigenvalue weighted by Crippen LogP contribution is 2.27. The quantitative estimate of drug-likeness (QED) is 0.859. The maximum absolute atomic E-state index is 12.9. The predicted octanol–water partition coefficient (Wildman–Crippen LogP) is 2.62. The monoisotopic (exact) mass is 246 g/mol. The first-order valence-corrected chi connectivity index (χ1v) is 5.14. The van der Waals surface area contributed by atoms with E-state index in [9.17, 15) is 14.3 Å². The summed E-state index contributed by atoms with van der Waals surface area (Å²) in [6.07, 6.45) is -1.12. The SMILES string of the molecule is CC(CC(=O)O)C(O)c1ccc(F)c(Cl)c1. The molecule has 0 spiro atoms. The number of halogens is 2. The van der Waals surface area contributed by atoms with Gasteiger partial charge in [0, 0.05) is 0 Å². The summed E-state index contributed by atoms with van der Waals surface area (Å²) in [5.41, 5.74) is 0.417. The second kappa shape index (κ2) is 5.27. The van der Waals surface area contributed by atoms with Crippen LogP contribution in [0.1, 0.15) is 25.0 Å². The van der Waals surface area contributed by atoms with Gasteiger partial charge in [-0.05, 0) is 23.6 Å². The van der Waals surface area contributed by atoms with Crippen molar-refractivity contribution in [1.29, 1.82) is 0 Å². The second-order valence-corrected chi connectivity index (χ2v) is 4.10. The van der Waals surface area contributed by atoms with E-state index in [1.54, 1.807) is 6.92 Å². The molecule has 88 valence electrons. The first-order valence-electron chi connectivity index (χ1n) is 4.76. The molecule has 0 heterocycles. The van der Waals surface area contributed by atoms with Gasteiger partial charge in [-0.25, -0.2) is 4.39 Å². The number of benzene rings is 1. The van der Waals surface area contributed by atoms with Gasteiger partial charge in [-0.2, -0.15) is 0 Å². The van der Waals surface area contributed by atoms with Gasteiger partial charge >= 0.3 is 5.97 Å². The van der Waals surface area contributed by atoms with Crippen molar-refractivity contribution in [2.24, 2.45) is 5.92 Å². The van der Waals surface area contributed by atoms with Gasteiger partial charge in [-0.3, -0.25) is 4.79 Å². The van der Waals surface area contributed by atoms with E-state index < -0.39 is 23.8 Å². The lowest BCUT2D eigenvalue weighted by Crippen LogP contribution is -2.13. The molecule has 0 radical (unpaired) electrons. The van der Waals surface area contributed by atoms with Gasteiger partial charge in [0.2, 0.25) is 0 Å². The second-order valence-electron chi connectivity index (χ2n) is 3.69. The molecule has 0 saturated carbocycles. The first kappa shape index (κ1) is 12.9. The van der Waals surface area contributed by atoms with Gasteiger partial charge < -0.3 is 10.2 Å². The molecule has 0 aliphatic carbocycles. The molecular weight excluding hydrogens is 235 g/mol. The number of aliphatic hydroxyl groups excluding tert-OH is 1. The number of hydrogen-bond acceptors (Lipinski definition) is 2. The Hall–Kier alpha value is -1.13. The van der Waals surface area contributed by atoms with E-state index in [1.165, 1.54) is 12.1 Å². The van der Waals surface area contributed by atoms with E-state index in [0.29, 0.717) is 5.56 Å². The van der Waals surface area contributed by atoms with Crippen molar-refractivity contribution in [2.45, 2.75) is 19.4 Å². The fraction of sp³-hybridized carbons (Fsp3) is 0.364. The summed E-state index contributed by atoms with van der Waals surface area (Å²) in [7, 11) is 0. The minimum Gasteiger partial charge on any atom is -0.481 e. The van der Waals surface area contributed by atoms with E-state index in [2.05, 4.69) is 0 Å². The number of aliphatic carboxylic acids is 1. The number of hydrogen-bond donors (Lipinski definition) is 2. The molecule has 2 unspecified atom stereocenters. The molecule has 0 bridgehead atoms.